The van der Waals surface area contributed by atoms with Crippen LogP contribution in [0.15, 0.2) is 78.9 Å². The predicted octanol–water partition coefficient (Wildman–Crippen LogP) is 4.04. The van der Waals surface area contributed by atoms with Crippen molar-refractivity contribution >= 4 is 11.9 Å². The molecule has 3 aliphatic rings. The molecule has 0 unspecified atom stereocenters. The van der Waals surface area contributed by atoms with Crippen molar-refractivity contribution in [3.05, 3.63) is 101 Å². The number of ether oxygens (including phenoxy) is 2. The van der Waals surface area contributed by atoms with E-state index in [1.165, 1.54) is 19.2 Å². The summed E-state index contributed by atoms with van der Waals surface area (Å²) < 4.78 is 25.8. The minimum absolute atomic E-state index is 0.0992. The van der Waals surface area contributed by atoms with E-state index in [9.17, 15) is 19.1 Å². The largest absolute Gasteiger partial charge is 0.494 e. The zero-order valence-corrected chi connectivity index (χ0v) is 22.7. The molecule has 3 saturated heterocycles. The molecule has 0 saturated carbocycles. The highest BCUT2D eigenvalue weighted by molar-refractivity contribution is 5.94. The molecule has 0 radical (unpaired) electrons. The quantitative estimate of drug-likeness (QED) is 0.227. The van der Waals surface area contributed by atoms with Crippen molar-refractivity contribution in [1.82, 2.24) is 5.32 Å². The fourth-order valence-corrected chi connectivity index (χ4v) is 6.18. The lowest BCUT2D eigenvalue weighted by atomic mass is 9.82. The van der Waals surface area contributed by atoms with Gasteiger partial charge in [-0.2, -0.15) is 0 Å². The Morgan fingerprint density at radius 2 is 1.62 bits per heavy atom. The van der Waals surface area contributed by atoms with Crippen LogP contribution in [0.5, 0.6) is 5.75 Å². The summed E-state index contributed by atoms with van der Waals surface area (Å²) in [6, 6.07) is 22.0. The van der Waals surface area contributed by atoms with E-state index in [1.807, 2.05) is 12.1 Å². The molecule has 3 aromatic carbocycles. The number of fused-ring (bicyclic) bond motifs is 3. The maximum Gasteiger partial charge on any atom is 0.348 e. The van der Waals surface area contributed by atoms with Crippen LogP contribution in [-0.4, -0.2) is 67.4 Å². The minimum atomic E-state index is -1.90. The van der Waals surface area contributed by atoms with Gasteiger partial charge in [-0.05, 0) is 29.3 Å². The van der Waals surface area contributed by atoms with E-state index >= 15 is 0 Å². The summed E-state index contributed by atoms with van der Waals surface area (Å²) in [6.07, 6.45) is 2.36. The van der Waals surface area contributed by atoms with Gasteiger partial charge in [0, 0.05) is 37.3 Å². The Labute approximate surface area is 234 Å². The molecule has 2 N–H and O–H groups in total. The Morgan fingerprint density at radius 3 is 2.20 bits per heavy atom. The fraction of sp³-hybridized carbons (Fsp3) is 0.375. The van der Waals surface area contributed by atoms with E-state index in [-0.39, 0.29) is 29.2 Å². The number of carbonyl (C=O) groups is 2. The third-order valence-electron chi connectivity index (χ3n) is 8.49. The molecule has 3 fully saturated rings. The van der Waals surface area contributed by atoms with Gasteiger partial charge in [-0.25, -0.2) is 9.18 Å². The number of esters is 1. The van der Waals surface area contributed by atoms with Gasteiger partial charge >= 0.3 is 5.97 Å². The number of nitrogens with one attached hydrogen (secondary N) is 1. The number of nitrogens with zero attached hydrogens (tertiary/aromatic N) is 1. The van der Waals surface area contributed by atoms with Crippen molar-refractivity contribution in [3.8, 4) is 5.75 Å². The number of hydrogen-bond acceptors (Lipinski definition) is 5. The summed E-state index contributed by atoms with van der Waals surface area (Å²) >= 11 is 0. The molecule has 2 bridgehead atoms. The Kier molecular flexibility index (Phi) is 8.19. The lowest BCUT2D eigenvalue weighted by Crippen LogP contribution is -2.65. The van der Waals surface area contributed by atoms with E-state index in [0.717, 1.165) is 43.4 Å². The topological polar surface area (TPSA) is 84.9 Å². The first-order valence-electron chi connectivity index (χ1n) is 13.9. The molecule has 0 aliphatic carbocycles. The predicted molar refractivity (Wildman–Crippen MR) is 148 cm³/mol. The molecule has 6 rings (SSSR count). The molecular formula is C32H36FN2O5+. The second-order valence-corrected chi connectivity index (χ2v) is 10.9. The maximum atomic E-state index is 14.0. The van der Waals surface area contributed by atoms with Gasteiger partial charge in [0.25, 0.3) is 5.91 Å². The van der Waals surface area contributed by atoms with Crippen LogP contribution < -0.4 is 10.1 Å². The summed E-state index contributed by atoms with van der Waals surface area (Å²) in [5, 5.41) is 14.7. The first-order chi connectivity index (χ1) is 19.3. The first-order valence-corrected chi connectivity index (χ1v) is 13.9. The average molecular weight is 548 g/mol. The Bertz CT molecular complexity index is 1290. The second kappa shape index (κ2) is 11.8. The van der Waals surface area contributed by atoms with Gasteiger partial charge in [0.05, 0.1) is 26.7 Å². The van der Waals surface area contributed by atoms with Crippen LogP contribution in [-0.2, 0) is 15.1 Å². The monoisotopic (exact) mass is 547 g/mol. The van der Waals surface area contributed by atoms with Crippen LogP contribution in [0.25, 0.3) is 0 Å². The van der Waals surface area contributed by atoms with Gasteiger partial charge in [0.2, 0.25) is 5.60 Å². The number of carbonyl (C=O) groups excluding carboxylic acids is 2. The number of quaternary nitrogens is 1. The normalized spacial score (nSPS) is 22.0. The molecule has 1 amide bonds. The van der Waals surface area contributed by atoms with Crippen molar-refractivity contribution in [2.45, 2.75) is 31.0 Å². The van der Waals surface area contributed by atoms with E-state index < -0.39 is 17.4 Å². The van der Waals surface area contributed by atoms with Gasteiger partial charge in [0.1, 0.15) is 6.54 Å². The minimum Gasteiger partial charge on any atom is -0.494 e. The summed E-state index contributed by atoms with van der Waals surface area (Å²) in [4.78, 5) is 26.2. The molecule has 3 aliphatic heterocycles. The van der Waals surface area contributed by atoms with Gasteiger partial charge < -0.3 is 24.4 Å². The van der Waals surface area contributed by atoms with E-state index in [1.54, 1.807) is 54.6 Å². The number of rotatable bonds is 10. The van der Waals surface area contributed by atoms with E-state index in [0.29, 0.717) is 24.2 Å². The Hall–Kier alpha value is -3.75. The average Bonchev–Trinajstić information content (AvgIpc) is 3.00. The highest BCUT2D eigenvalue weighted by atomic mass is 19.1. The number of hydrogen-bond donors (Lipinski definition) is 2. The zero-order chi connectivity index (χ0) is 28.2. The molecule has 3 heterocycles. The van der Waals surface area contributed by atoms with Crippen LogP contribution in [0, 0.1) is 11.7 Å². The molecule has 210 valence electrons. The number of halogens is 1. The number of piperidine rings is 3. The number of benzene rings is 3. The van der Waals surface area contributed by atoms with Gasteiger partial charge in [0.15, 0.2) is 17.7 Å². The summed E-state index contributed by atoms with van der Waals surface area (Å²) in [5.41, 5.74) is -0.696. The molecule has 7 nitrogen and oxygen atoms in total. The third-order valence-corrected chi connectivity index (χ3v) is 8.49. The first kappa shape index (κ1) is 27.8. The summed E-state index contributed by atoms with van der Waals surface area (Å²) in [5.74, 6) is -1.18. The lowest BCUT2D eigenvalue weighted by molar-refractivity contribution is -0.946. The van der Waals surface area contributed by atoms with Crippen molar-refractivity contribution in [3.63, 3.8) is 0 Å². The molecule has 40 heavy (non-hydrogen) atoms. The van der Waals surface area contributed by atoms with Crippen LogP contribution in [0.2, 0.25) is 0 Å². The van der Waals surface area contributed by atoms with Crippen molar-refractivity contribution in [1.29, 1.82) is 0 Å². The second-order valence-electron chi connectivity index (χ2n) is 10.9. The number of amides is 1. The summed E-state index contributed by atoms with van der Waals surface area (Å²) in [7, 11) is 1.38. The molecule has 8 heteroatoms. The number of aliphatic hydroxyl groups is 1. The smallest absolute Gasteiger partial charge is 0.348 e. The lowest BCUT2D eigenvalue weighted by Gasteiger charge is -2.52. The highest BCUT2D eigenvalue weighted by Gasteiger charge is 2.50. The van der Waals surface area contributed by atoms with Gasteiger partial charge in [-0.1, -0.05) is 60.7 Å². The van der Waals surface area contributed by atoms with E-state index in [2.05, 4.69) is 5.32 Å². The molecule has 0 spiro atoms. The Morgan fingerprint density at radius 1 is 1.00 bits per heavy atom. The van der Waals surface area contributed by atoms with Crippen LogP contribution in [0.3, 0.4) is 0 Å². The SMILES string of the molecule is COc1ccc(C(=O)NCCC[N+]23CCC(CC2)[C@@H](OC(=O)C(O)(c2ccccc2)c2ccccc2)C3)cc1F. The Balaban J connectivity index is 1.21. The maximum absolute atomic E-state index is 14.0. The van der Waals surface area contributed by atoms with Crippen LogP contribution in [0.1, 0.15) is 40.7 Å². The molecule has 1 atom stereocenters. The molecular weight excluding hydrogens is 511 g/mol. The highest BCUT2D eigenvalue weighted by Crippen LogP contribution is 2.38. The van der Waals surface area contributed by atoms with Gasteiger partial charge in [-0.15, -0.1) is 0 Å². The van der Waals surface area contributed by atoms with Crippen LogP contribution >= 0.6 is 0 Å². The van der Waals surface area contributed by atoms with Gasteiger partial charge in [-0.3, -0.25) is 4.79 Å². The third kappa shape index (κ3) is 5.60. The number of methoxy groups -OCH3 is 1. The van der Waals surface area contributed by atoms with Crippen LogP contribution in [0.4, 0.5) is 4.39 Å². The zero-order valence-electron chi connectivity index (χ0n) is 22.7. The van der Waals surface area contributed by atoms with Crippen molar-refractivity contribution in [2.24, 2.45) is 5.92 Å². The summed E-state index contributed by atoms with van der Waals surface area (Å²) in [6.45, 7) is 3.98. The van der Waals surface area contributed by atoms with Crippen molar-refractivity contribution in [2.75, 3.05) is 39.8 Å². The molecule has 3 aromatic rings. The standard InChI is InChI=1S/C32H35FN2O5/c1-39-28-14-13-24(21-27(28)33)30(36)34-17-8-18-35-19-15-23(16-20-35)29(22-35)40-31(37)32(38,25-9-4-2-5-10-25)26-11-6-3-7-12-26/h2-7,9-14,21,23,29,38H,8,15-20,22H2,1H3/p+1/t23?,29-,35?/m0/s1. The molecule has 0 aromatic heterocycles. The fourth-order valence-electron chi connectivity index (χ4n) is 6.18. The van der Waals surface area contributed by atoms with Crippen molar-refractivity contribution < 1.29 is 33.0 Å². The van der Waals surface area contributed by atoms with E-state index in [4.69, 9.17) is 9.47 Å².